The number of carbonyl (C=O) groups is 1. The fourth-order valence-corrected chi connectivity index (χ4v) is 3.05. The Labute approximate surface area is 132 Å². The molecular weight excluding hydrogens is 369 g/mol. The molecule has 110 valence electrons. The number of phenols is 1. The van der Waals surface area contributed by atoms with Crippen molar-refractivity contribution in [2.24, 2.45) is 5.41 Å². The van der Waals surface area contributed by atoms with Crippen molar-refractivity contribution in [3.05, 3.63) is 27.3 Å². The first-order chi connectivity index (χ1) is 9.56. The van der Waals surface area contributed by atoms with Crippen LogP contribution in [0.2, 0.25) is 0 Å². The second-order valence-electron chi connectivity index (χ2n) is 5.57. The fourth-order valence-electron chi connectivity index (χ4n) is 2.72. The molecule has 0 saturated heterocycles. The van der Waals surface area contributed by atoms with Gasteiger partial charge in [0.2, 0.25) is 0 Å². The van der Waals surface area contributed by atoms with E-state index >= 15 is 0 Å². The van der Waals surface area contributed by atoms with E-state index in [9.17, 15) is 15.0 Å². The lowest BCUT2D eigenvalue weighted by Gasteiger charge is -2.35. The molecule has 0 unspecified atom stereocenters. The highest BCUT2D eigenvalue weighted by Crippen LogP contribution is 2.35. The lowest BCUT2D eigenvalue weighted by atomic mass is 9.74. The number of aliphatic hydroxyl groups excluding tert-OH is 1. The smallest absolute Gasteiger partial charge is 0.251 e. The fraction of sp³-hybridized carbons (Fsp3) is 0.533. The molecule has 1 aromatic carbocycles. The molecule has 2 rings (SSSR count). The zero-order chi connectivity index (χ0) is 14.6. The Morgan fingerprint density at radius 3 is 2.60 bits per heavy atom. The summed E-state index contributed by atoms with van der Waals surface area (Å²) in [5.74, 6) is -0.0807. The van der Waals surface area contributed by atoms with E-state index in [0.717, 1.165) is 29.3 Å². The summed E-state index contributed by atoms with van der Waals surface area (Å²) in [5.41, 5.74) is 0.283. The molecule has 0 atom stereocenters. The highest BCUT2D eigenvalue weighted by Gasteiger charge is 2.31. The molecule has 20 heavy (non-hydrogen) atoms. The van der Waals surface area contributed by atoms with E-state index in [0.29, 0.717) is 12.1 Å². The summed E-state index contributed by atoms with van der Waals surface area (Å²) in [7, 11) is 0. The molecule has 4 nitrogen and oxygen atoms in total. The first-order valence-corrected chi connectivity index (χ1v) is 8.02. The molecule has 1 amide bonds. The van der Waals surface area contributed by atoms with E-state index < -0.39 is 0 Å². The second kappa shape index (κ2) is 6.76. The van der Waals surface area contributed by atoms with Crippen LogP contribution in [0.1, 0.15) is 42.5 Å². The van der Waals surface area contributed by atoms with Gasteiger partial charge in [0.15, 0.2) is 0 Å². The third kappa shape index (κ3) is 3.63. The summed E-state index contributed by atoms with van der Waals surface area (Å²) < 4.78 is 0.721. The summed E-state index contributed by atoms with van der Waals surface area (Å²) >= 11 is 2.01. The molecule has 0 bridgehead atoms. The van der Waals surface area contributed by atoms with E-state index in [1.165, 1.54) is 12.5 Å². The van der Waals surface area contributed by atoms with Gasteiger partial charge in [-0.3, -0.25) is 4.79 Å². The van der Waals surface area contributed by atoms with Gasteiger partial charge < -0.3 is 15.5 Å². The Bertz CT molecular complexity index is 484. The molecule has 1 aliphatic carbocycles. The molecule has 5 heteroatoms. The number of halogens is 1. The van der Waals surface area contributed by atoms with Crippen LogP contribution >= 0.6 is 22.6 Å². The van der Waals surface area contributed by atoms with Crippen LogP contribution in [0.25, 0.3) is 0 Å². The first kappa shape index (κ1) is 15.6. The number of hydrogen-bond donors (Lipinski definition) is 3. The number of phenolic OH excluding ortho intramolecular Hbond substituents is 1. The molecule has 3 N–H and O–H groups in total. The van der Waals surface area contributed by atoms with Crippen LogP contribution in [0, 0.1) is 8.99 Å². The van der Waals surface area contributed by atoms with Gasteiger partial charge in [0, 0.05) is 17.5 Å². The number of aliphatic hydroxyl groups is 1. The number of aromatic hydroxyl groups is 1. The average Bonchev–Trinajstić information content (AvgIpc) is 2.48. The molecule has 0 heterocycles. The zero-order valence-corrected chi connectivity index (χ0v) is 13.5. The van der Waals surface area contributed by atoms with Crippen molar-refractivity contribution in [2.45, 2.75) is 32.1 Å². The molecule has 0 aliphatic heterocycles. The molecular formula is C15H20INO3. The SMILES string of the molecule is O=C(NCC1(CO)CCCCC1)c1ccc(I)c(O)c1. The molecule has 1 saturated carbocycles. The number of hydrogen-bond acceptors (Lipinski definition) is 3. The summed E-state index contributed by atoms with van der Waals surface area (Å²) in [6, 6.07) is 4.89. The molecule has 1 aliphatic rings. The van der Waals surface area contributed by atoms with E-state index in [2.05, 4.69) is 5.32 Å². The van der Waals surface area contributed by atoms with E-state index in [-0.39, 0.29) is 23.7 Å². The van der Waals surface area contributed by atoms with E-state index in [1.807, 2.05) is 22.6 Å². The lowest BCUT2D eigenvalue weighted by Crippen LogP contribution is -2.41. The number of nitrogens with one attached hydrogen (secondary N) is 1. The molecule has 1 fully saturated rings. The average molecular weight is 389 g/mol. The van der Waals surface area contributed by atoms with Gasteiger partial charge >= 0.3 is 0 Å². The van der Waals surface area contributed by atoms with Crippen LogP contribution in [-0.2, 0) is 0 Å². The van der Waals surface area contributed by atoms with Crippen molar-refractivity contribution < 1.29 is 15.0 Å². The third-order valence-electron chi connectivity index (χ3n) is 4.08. The number of carbonyl (C=O) groups excluding carboxylic acids is 1. The van der Waals surface area contributed by atoms with Gasteiger partial charge in [0.25, 0.3) is 5.91 Å². The molecule has 0 aromatic heterocycles. The quantitative estimate of drug-likeness (QED) is 0.694. The van der Waals surface area contributed by atoms with Crippen LogP contribution in [-0.4, -0.2) is 29.3 Å². The van der Waals surface area contributed by atoms with Crippen molar-refractivity contribution in [1.29, 1.82) is 0 Å². The Morgan fingerprint density at radius 2 is 2.00 bits per heavy atom. The predicted molar refractivity (Wildman–Crippen MR) is 85.8 cm³/mol. The van der Waals surface area contributed by atoms with Crippen molar-refractivity contribution in [1.82, 2.24) is 5.32 Å². The van der Waals surface area contributed by atoms with E-state index in [4.69, 9.17) is 0 Å². The maximum Gasteiger partial charge on any atom is 0.251 e. The summed E-state index contributed by atoms with van der Waals surface area (Å²) in [5, 5.41) is 22.1. The maximum atomic E-state index is 12.1. The van der Waals surface area contributed by atoms with Crippen LogP contribution in [0.5, 0.6) is 5.75 Å². The molecule has 1 aromatic rings. The van der Waals surface area contributed by atoms with Gasteiger partial charge in [0.1, 0.15) is 5.75 Å². The normalized spacial score (nSPS) is 17.7. The Morgan fingerprint density at radius 1 is 1.30 bits per heavy atom. The summed E-state index contributed by atoms with van der Waals surface area (Å²) in [4.78, 5) is 12.1. The minimum atomic E-state index is -0.199. The predicted octanol–water partition coefficient (Wildman–Crippen LogP) is 2.67. The van der Waals surface area contributed by atoms with Crippen LogP contribution in [0.4, 0.5) is 0 Å². The number of rotatable bonds is 4. The first-order valence-electron chi connectivity index (χ1n) is 6.94. The minimum Gasteiger partial charge on any atom is -0.507 e. The number of amides is 1. The summed E-state index contributed by atoms with van der Waals surface area (Å²) in [6.07, 6.45) is 5.35. The monoisotopic (exact) mass is 389 g/mol. The zero-order valence-electron chi connectivity index (χ0n) is 11.4. The van der Waals surface area contributed by atoms with Crippen LogP contribution < -0.4 is 5.32 Å². The van der Waals surface area contributed by atoms with Gasteiger partial charge in [-0.05, 0) is 53.6 Å². The van der Waals surface area contributed by atoms with Gasteiger partial charge in [-0.15, -0.1) is 0 Å². The minimum absolute atomic E-state index is 0.116. The van der Waals surface area contributed by atoms with E-state index in [1.54, 1.807) is 12.1 Å². The highest BCUT2D eigenvalue weighted by molar-refractivity contribution is 14.1. The van der Waals surface area contributed by atoms with Gasteiger partial charge in [-0.1, -0.05) is 19.3 Å². The van der Waals surface area contributed by atoms with Crippen molar-refractivity contribution in [2.75, 3.05) is 13.2 Å². The van der Waals surface area contributed by atoms with Crippen molar-refractivity contribution in [3.8, 4) is 5.75 Å². The molecule has 0 spiro atoms. The standard InChI is InChI=1S/C15H20INO3/c16-12-5-4-11(8-13(12)19)14(20)17-9-15(10-18)6-2-1-3-7-15/h4-5,8,18-19H,1-3,6-7,9-10H2,(H,17,20). The Balaban J connectivity index is 1.98. The number of benzene rings is 1. The van der Waals surface area contributed by atoms with Crippen molar-refractivity contribution >= 4 is 28.5 Å². The maximum absolute atomic E-state index is 12.1. The lowest BCUT2D eigenvalue weighted by molar-refractivity contribution is 0.0718. The second-order valence-corrected chi connectivity index (χ2v) is 6.73. The molecule has 0 radical (unpaired) electrons. The highest BCUT2D eigenvalue weighted by atomic mass is 127. The van der Waals surface area contributed by atoms with Crippen LogP contribution in [0.3, 0.4) is 0 Å². The Hall–Kier alpha value is -0.820. The largest absolute Gasteiger partial charge is 0.507 e. The summed E-state index contributed by atoms with van der Waals surface area (Å²) in [6.45, 7) is 0.611. The van der Waals surface area contributed by atoms with Crippen molar-refractivity contribution in [3.63, 3.8) is 0 Å². The van der Waals surface area contributed by atoms with Gasteiger partial charge in [0.05, 0.1) is 10.2 Å². The van der Waals surface area contributed by atoms with Crippen LogP contribution in [0.15, 0.2) is 18.2 Å². The topological polar surface area (TPSA) is 69.6 Å². The third-order valence-corrected chi connectivity index (χ3v) is 4.99. The van der Waals surface area contributed by atoms with Gasteiger partial charge in [-0.2, -0.15) is 0 Å². The Kier molecular flexibility index (Phi) is 5.26. The van der Waals surface area contributed by atoms with Gasteiger partial charge in [-0.25, -0.2) is 0 Å².